The minimum Gasteiger partial charge on any atom is -0.488 e. The van der Waals surface area contributed by atoms with Crippen molar-refractivity contribution in [1.82, 2.24) is 10.2 Å². The molecular formula is C20H17BrN2O3S. The lowest BCUT2D eigenvalue weighted by molar-refractivity contribution is -0.128. The van der Waals surface area contributed by atoms with Gasteiger partial charge in [-0.1, -0.05) is 35.9 Å². The zero-order valence-corrected chi connectivity index (χ0v) is 17.2. The first-order valence-corrected chi connectivity index (χ1v) is 9.38. The molecule has 138 valence electrons. The van der Waals surface area contributed by atoms with E-state index in [1.165, 1.54) is 23.6 Å². The van der Waals surface area contributed by atoms with Crippen molar-refractivity contribution in [3.63, 3.8) is 0 Å². The van der Waals surface area contributed by atoms with Crippen LogP contribution in [-0.2, 0) is 16.2 Å². The molecule has 27 heavy (non-hydrogen) atoms. The Morgan fingerprint density at radius 2 is 1.89 bits per heavy atom. The average molecular weight is 445 g/mol. The molecule has 5 nitrogen and oxygen atoms in total. The van der Waals surface area contributed by atoms with E-state index in [2.05, 4.69) is 21.2 Å². The summed E-state index contributed by atoms with van der Waals surface area (Å²) in [6, 6.07) is 13.5. The molecule has 2 amide bonds. The van der Waals surface area contributed by atoms with Gasteiger partial charge < -0.3 is 4.74 Å². The van der Waals surface area contributed by atoms with Crippen molar-refractivity contribution in [3.05, 3.63) is 69.2 Å². The molecule has 2 aromatic rings. The number of rotatable bonds is 4. The number of carbonyl (C=O) groups is 2. The molecule has 0 aliphatic carbocycles. The molecule has 1 saturated heterocycles. The van der Waals surface area contributed by atoms with Crippen molar-refractivity contribution >= 4 is 51.2 Å². The zero-order valence-electron chi connectivity index (χ0n) is 14.8. The van der Waals surface area contributed by atoms with E-state index in [4.69, 9.17) is 17.0 Å². The Hall–Kier alpha value is -2.51. The number of hydrogen-bond donors (Lipinski definition) is 1. The lowest BCUT2D eigenvalue weighted by atomic mass is 10.1. The Morgan fingerprint density at radius 3 is 2.56 bits per heavy atom. The highest BCUT2D eigenvalue weighted by Crippen LogP contribution is 2.28. The summed E-state index contributed by atoms with van der Waals surface area (Å²) in [4.78, 5) is 25.5. The highest BCUT2D eigenvalue weighted by molar-refractivity contribution is 9.10. The van der Waals surface area contributed by atoms with Gasteiger partial charge in [-0.05, 0) is 64.4 Å². The van der Waals surface area contributed by atoms with Gasteiger partial charge in [0, 0.05) is 7.05 Å². The Morgan fingerprint density at radius 1 is 1.19 bits per heavy atom. The third-order valence-corrected chi connectivity index (χ3v) is 5.08. The molecule has 0 spiro atoms. The molecule has 2 aromatic carbocycles. The predicted molar refractivity (Wildman–Crippen MR) is 111 cm³/mol. The summed E-state index contributed by atoms with van der Waals surface area (Å²) in [5.41, 5.74) is 3.00. The number of nitrogens with zero attached hydrogens (tertiary/aromatic N) is 1. The molecule has 0 saturated carbocycles. The van der Waals surface area contributed by atoms with Crippen LogP contribution >= 0.6 is 28.1 Å². The lowest BCUT2D eigenvalue weighted by Gasteiger charge is -2.25. The molecule has 7 heteroatoms. The van der Waals surface area contributed by atoms with Crippen molar-refractivity contribution in [2.24, 2.45) is 0 Å². The van der Waals surface area contributed by atoms with E-state index in [-0.39, 0.29) is 10.7 Å². The van der Waals surface area contributed by atoms with Gasteiger partial charge in [-0.3, -0.25) is 19.8 Å². The average Bonchev–Trinajstić information content (AvgIpc) is 2.64. The van der Waals surface area contributed by atoms with E-state index in [9.17, 15) is 9.59 Å². The van der Waals surface area contributed by atoms with Gasteiger partial charge in [-0.2, -0.15) is 0 Å². The van der Waals surface area contributed by atoms with Crippen LogP contribution in [0.4, 0.5) is 0 Å². The maximum Gasteiger partial charge on any atom is 0.265 e. The molecule has 0 aromatic heterocycles. The van der Waals surface area contributed by atoms with E-state index in [1.54, 1.807) is 18.2 Å². The molecule has 1 aliphatic heterocycles. The summed E-state index contributed by atoms with van der Waals surface area (Å²) < 4.78 is 6.57. The van der Waals surface area contributed by atoms with Crippen LogP contribution < -0.4 is 10.1 Å². The Bertz CT molecular complexity index is 954. The third kappa shape index (κ3) is 4.43. The summed E-state index contributed by atoms with van der Waals surface area (Å²) >= 11 is 8.41. The Balaban J connectivity index is 1.76. The molecular weight excluding hydrogens is 428 g/mol. The molecule has 0 radical (unpaired) electrons. The third-order valence-electron chi connectivity index (χ3n) is 4.09. The van der Waals surface area contributed by atoms with E-state index >= 15 is 0 Å². The van der Waals surface area contributed by atoms with E-state index in [1.807, 2.05) is 31.2 Å². The normalized spacial score (nSPS) is 15.9. The van der Waals surface area contributed by atoms with Gasteiger partial charge in [0.05, 0.1) is 4.47 Å². The van der Waals surface area contributed by atoms with Crippen LogP contribution in [0.15, 0.2) is 52.5 Å². The van der Waals surface area contributed by atoms with Crippen molar-refractivity contribution in [2.75, 3.05) is 7.05 Å². The number of carbonyl (C=O) groups excluding carboxylic acids is 2. The Kier molecular flexibility index (Phi) is 5.72. The van der Waals surface area contributed by atoms with Crippen LogP contribution in [0.5, 0.6) is 5.75 Å². The number of nitrogens with one attached hydrogen (secondary N) is 1. The quantitative estimate of drug-likeness (QED) is 0.444. The molecule has 1 heterocycles. The maximum absolute atomic E-state index is 12.3. The van der Waals surface area contributed by atoms with Crippen LogP contribution in [0.1, 0.15) is 16.7 Å². The number of thiocarbonyl (C=S) groups is 1. The SMILES string of the molecule is Cc1ccc(COc2ccc(/C=C3\C(=O)NC(=S)N(C)C3=O)cc2Br)cc1. The van der Waals surface area contributed by atoms with Crippen molar-refractivity contribution in [3.8, 4) is 5.75 Å². The second kappa shape index (κ2) is 8.02. The number of amides is 2. The topological polar surface area (TPSA) is 58.6 Å². The fourth-order valence-electron chi connectivity index (χ4n) is 2.48. The minimum atomic E-state index is -0.501. The van der Waals surface area contributed by atoms with Crippen LogP contribution in [0.3, 0.4) is 0 Å². The van der Waals surface area contributed by atoms with Crippen LogP contribution in [-0.4, -0.2) is 28.9 Å². The minimum absolute atomic E-state index is 0.0336. The first kappa shape index (κ1) is 19.3. The smallest absolute Gasteiger partial charge is 0.265 e. The molecule has 0 unspecified atom stereocenters. The second-order valence-corrected chi connectivity index (χ2v) is 7.39. The monoisotopic (exact) mass is 444 g/mol. The van der Waals surface area contributed by atoms with Gasteiger partial charge in [0.1, 0.15) is 17.9 Å². The van der Waals surface area contributed by atoms with E-state index < -0.39 is 11.8 Å². The number of hydrogen-bond acceptors (Lipinski definition) is 4. The summed E-state index contributed by atoms with van der Waals surface area (Å²) in [7, 11) is 1.52. The molecule has 0 bridgehead atoms. The maximum atomic E-state index is 12.3. The van der Waals surface area contributed by atoms with Crippen LogP contribution in [0.2, 0.25) is 0 Å². The molecule has 3 rings (SSSR count). The first-order chi connectivity index (χ1) is 12.8. The highest BCUT2D eigenvalue weighted by Gasteiger charge is 2.30. The number of aryl methyl sites for hydroxylation is 1. The first-order valence-electron chi connectivity index (χ1n) is 8.18. The molecule has 0 atom stereocenters. The summed E-state index contributed by atoms with van der Waals surface area (Å²) in [6.07, 6.45) is 1.53. The van der Waals surface area contributed by atoms with E-state index in [0.29, 0.717) is 17.9 Å². The number of ether oxygens (including phenoxy) is 1. The van der Waals surface area contributed by atoms with Crippen molar-refractivity contribution < 1.29 is 14.3 Å². The molecule has 1 fully saturated rings. The standard InChI is InChI=1S/C20H17BrN2O3S/c1-12-3-5-13(6-4-12)11-26-17-8-7-14(10-16(17)21)9-15-18(24)22-20(27)23(2)19(15)25/h3-10H,11H2,1-2H3,(H,22,24,27)/b15-9+. The van der Waals surface area contributed by atoms with Crippen molar-refractivity contribution in [2.45, 2.75) is 13.5 Å². The lowest BCUT2D eigenvalue weighted by Crippen LogP contribution is -2.52. The largest absolute Gasteiger partial charge is 0.488 e. The number of benzene rings is 2. The van der Waals surface area contributed by atoms with Gasteiger partial charge >= 0.3 is 0 Å². The predicted octanol–water partition coefficient (Wildman–Crippen LogP) is 3.59. The van der Waals surface area contributed by atoms with Crippen LogP contribution in [0.25, 0.3) is 6.08 Å². The van der Waals surface area contributed by atoms with Crippen molar-refractivity contribution in [1.29, 1.82) is 0 Å². The summed E-state index contributed by atoms with van der Waals surface area (Å²) in [5, 5.41) is 2.59. The van der Waals surface area contributed by atoms with Gasteiger partial charge in [0.15, 0.2) is 5.11 Å². The zero-order chi connectivity index (χ0) is 19.6. The second-order valence-electron chi connectivity index (χ2n) is 6.15. The van der Waals surface area contributed by atoms with E-state index in [0.717, 1.165) is 10.0 Å². The fourth-order valence-corrected chi connectivity index (χ4v) is 3.17. The summed E-state index contributed by atoms with van der Waals surface area (Å²) in [6.45, 7) is 2.49. The highest BCUT2D eigenvalue weighted by atomic mass is 79.9. The number of likely N-dealkylation sites (N-methyl/N-ethyl adjacent to an activating group) is 1. The number of halogens is 1. The summed E-state index contributed by atoms with van der Waals surface area (Å²) in [5.74, 6) is -0.256. The van der Waals surface area contributed by atoms with Gasteiger partial charge in [-0.25, -0.2) is 0 Å². The Labute approximate surface area is 171 Å². The van der Waals surface area contributed by atoms with Crippen LogP contribution in [0, 0.1) is 6.92 Å². The molecule has 1 N–H and O–H groups in total. The van der Waals surface area contributed by atoms with Gasteiger partial charge in [0.2, 0.25) is 0 Å². The molecule has 1 aliphatic rings. The van der Waals surface area contributed by atoms with Gasteiger partial charge in [-0.15, -0.1) is 0 Å². The fraction of sp³-hybridized carbons (Fsp3) is 0.150. The van der Waals surface area contributed by atoms with Gasteiger partial charge in [0.25, 0.3) is 11.8 Å².